The van der Waals surface area contributed by atoms with Gasteiger partial charge in [0.15, 0.2) is 0 Å². The van der Waals surface area contributed by atoms with Crippen LogP contribution < -0.4 is 20.0 Å². The first kappa shape index (κ1) is 39.0. The number of carbonyl (C=O) groups is 5. The maximum absolute atomic E-state index is 13.6. The lowest BCUT2D eigenvalue weighted by Crippen LogP contribution is -2.54. The molecule has 0 bridgehead atoms. The van der Waals surface area contributed by atoms with E-state index in [9.17, 15) is 29.2 Å². The Morgan fingerprint density at radius 3 is 2.25 bits per heavy atom. The van der Waals surface area contributed by atoms with E-state index in [4.69, 9.17) is 16.6 Å². The van der Waals surface area contributed by atoms with E-state index in [1.165, 1.54) is 0 Å². The molecule has 1 N–H and O–H groups in total. The molecule has 5 saturated heterocycles. The number of hydrogen-bond donors (Lipinski definition) is 1. The summed E-state index contributed by atoms with van der Waals surface area (Å²) < 4.78 is 0. The van der Waals surface area contributed by atoms with Crippen molar-refractivity contribution in [3.05, 3.63) is 82.0 Å². The average molecular weight is 818 g/mol. The van der Waals surface area contributed by atoms with Crippen LogP contribution in [0.2, 0.25) is 5.02 Å². The first-order valence-corrected chi connectivity index (χ1v) is 21.2. The van der Waals surface area contributed by atoms with Gasteiger partial charge in [-0.25, -0.2) is 4.98 Å². The van der Waals surface area contributed by atoms with Crippen molar-refractivity contribution in [3.8, 4) is 6.07 Å². The molecular formula is C44H48ClN9O5. The highest BCUT2D eigenvalue weighted by Crippen LogP contribution is 2.46. The van der Waals surface area contributed by atoms with Gasteiger partial charge in [-0.1, -0.05) is 11.6 Å². The molecular weight excluding hydrogens is 770 g/mol. The van der Waals surface area contributed by atoms with Crippen LogP contribution in [-0.4, -0.2) is 126 Å². The van der Waals surface area contributed by atoms with Gasteiger partial charge < -0.3 is 19.6 Å². The number of amides is 5. The summed E-state index contributed by atoms with van der Waals surface area (Å²) in [4.78, 5) is 81.3. The highest BCUT2D eigenvalue weighted by atomic mass is 35.5. The topological polar surface area (TPSA) is 154 Å². The number of fused-ring (bicyclic) bond motifs is 1. The quantitative estimate of drug-likeness (QED) is 0.354. The van der Waals surface area contributed by atoms with Gasteiger partial charge in [-0.2, -0.15) is 5.26 Å². The van der Waals surface area contributed by atoms with Crippen LogP contribution in [0.15, 0.2) is 54.7 Å². The Hall–Kier alpha value is -5.52. The van der Waals surface area contributed by atoms with Gasteiger partial charge in [-0.05, 0) is 99.4 Å². The van der Waals surface area contributed by atoms with Gasteiger partial charge in [-0.15, -0.1) is 0 Å². The molecule has 6 aliphatic heterocycles. The van der Waals surface area contributed by atoms with Gasteiger partial charge in [0.1, 0.15) is 17.9 Å². The molecule has 1 aromatic heterocycles. The van der Waals surface area contributed by atoms with E-state index in [1.807, 2.05) is 41.3 Å². The van der Waals surface area contributed by atoms with E-state index < -0.39 is 29.7 Å². The molecule has 5 amide bonds. The lowest BCUT2D eigenvalue weighted by atomic mass is 9.77. The van der Waals surface area contributed by atoms with Gasteiger partial charge in [0.05, 0.1) is 27.3 Å². The predicted octanol–water partition coefficient (Wildman–Crippen LogP) is 4.32. The number of aromatic nitrogens is 1. The Morgan fingerprint density at radius 2 is 1.58 bits per heavy atom. The zero-order chi connectivity index (χ0) is 41.0. The Bertz CT molecular complexity index is 2240. The Morgan fingerprint density at radius 1 is 0.847 bits per heavy atom. The number of nitriles is 1. The lowest BCUT2D eigenvalue weighted by Gasteiger charge is -2.43. The SMILES string of the molecule is C[C@H]1CC2(CCN(c3ccc(C(=O)N4CCN(C5CCN(c6ccc7c(c6)C(=O)N(C6CCC(=O)NC6=O)C7=O)CC5)CC4)cn3)CC2)CN1c1ccc(C#N)c(Cl)c1. The summed E-state index contributed by atoms with van der Waals surface area (Å²) in [5, 5.41) is 12.0. The summed E-state index contributed by atoms with van der Waals surface area (Å²) in [6.07, 6.45) is 7.06. The number of nitrogens with zero attached hydrogens (tertiary/aromatic N) is 8. The molecule has 5 fully saturated rings. The molecule has 6 aliphatic rings. The molecule has 9 rings (SSSR count). The Kier molecular flexibility index (Phi) is 10.3. The van der Waals surface area contributed by atoms with Crippen molar-refractivity contribution < 1.29 is 24.0 Å². The minimum atomic E-state index is -0.982. The zero-order valence-corrected chi connectivity index (χ0v) is 34.0. The van der Waals surface area contributed by atoms with E-state index >= 15 is 0 Å². The summed E-state index contributed by atoms with van der Waals surface area (Å²) in [6, 6.07) is 16.9. The molecule has 14 nitrogen and oxygen atoms in total. The number of anilines is 3. The summed E-state index contributed by atoms with van der Waals surface area (Å²) in [5.41, 5.74) is 3.86. The molecule has 7 heterocycles. The van der Waals surface area contributed by atoms with Crippen LogP contribution in [0.5, 0.6) is 0 Å². The molecule has 3 aromatic rings. The van der Waals surface area contributed by atoms with E-state index in [1.54, 1.807) is 18.3 Å². The summed E-state index contributed by atoms with van der Waals surface area (Å²) in [7, 11) is 0. The molecule has 2 atom stereocenters. The minimum Gasteiger partial charge on any atom is -0.371 e. The second-order valence-corrected chi connectivity index (χ2v) is 17.5. The van der Waals surface area contributed by atoms with Crippen LogP contribution in [0.25, 0.3) is 0 Å². The third-order valence-corrected chi connectivity index (χ3v) is 14.0. The molecule has 2 aromatic carbocycles. The average Bonchev–Trinajstić information content (AvgIpc) is 3.71. The summed E-state index contributed by atoms with van der Waals surface area (Å²) in [5.74, 6) is -1.08. The number of nitrogens with one attached hydrogen (secondary N) is 1. The molecule has 0 aliphatic carbocycles. The van der Waals surface area contributed by atoms with Gasteiger partial charge in [-0.3, -0.25) is 39.1 Å². The van der Waals surface area contributed by atoms with Crippen molar-refractivity contribution in [1.29, 1.82) is 5.26 Å². The standard InChI is InChI=1S/C44H48ClN9O5/c1-28-24-44(27-53(28)33-4-2-29(25-46)36(45)23-33)12-16-51(17-13-44)38-8-3-30(26-47-38)41(57)52-20-18-50(19-21-52)31-10-14-49(15-11-31)32-5-6-34-35(22-32)43(59)54(42(34)58)37-7-9-39(55)48-40(37)56/h2-6,8,22-23,26,28,31,37H,7,9-21,24,27H2,1H3,(H,48,55,56)/t28-,37?/m0/s1. The fourth-order valence-corrected chi connectivity index (χ4v) is 10.5. The molecule has 0 saturated carbocycles. The monoisotopic (exact) mass is 817 g/mol. The number of imide groups is 2. The second kappa shape index (κ2) is 15.6. The molecule has 306 valence electrons. The van der Waals surface area contributed by atoms with E-state index in [2.05, 4.69) is 37.9 Å². The highest BCUT2D eigenvalue weighted by Gasteiger charge is 2.46. The van der Waals surface area contributed by atoms with Crippen LogP contribution in [0.3, 0.4) is 0 Å². The number of benzene rings is 2. The molecule has 15 heteroatoms. The predicted molar refractivity (Wildman–Crippen MR) is 222 cm³/mol. The maximum Gasteiger partial charge on any atom is 0.262 e. The molecule has 59 heavy (non-hydrogen) atoms. The first-order valence-electron chi connectivity index (χ1n) is 20.8. The van der Waals surface area contributed by atoms with Crippen LogP contribution >= 0.6 is 11.6 Å². The van der Waals surface area contributed by atoms with Gasteiger partial charge in [0.2, 0.25) is 11.8 Å². The number of carbonyl (C=O) groups excluding carboxylic acids is 5. The van der Waals surface area contributed by atoms with Crippen LogP contribution in [-0.2, 0) is 9.59 Å². The Balaban J connectivity index is 0.736. The van der Waals surface area contributed by atoms with Crippen molar-refractivity contribution in [2.24, 2.45) is 5.41 Å². The molecule has 1 unspecified atom stereocenters. The smallest absolute Gasteiger partial charge is 0.262 e. The van der Waals surface area contributed by atoms with Crippen molar-refractivity contribution in [2.75, 3.05) is 73.6 Å². The van der Waals surface area contributed by atoms with E-state index in [-0.39, 0.29) is 29.7 Å². The fourth-order valence-electron chi connectivity index (χ4n) is 10.3. The van der Waals surface area contributed by atoms with Gasteiger partial charge in [0.25, 0.3) is 17.7 Å². The van der Waals surface area contributed by atoms with E-state index in [0.29, 0.717) is 46.9 Å². The normalized spacial score (nSPS) is 23.8. The number of rotatable bonds is 6. The van der Waals surface area contributed by atoms with E-state index in [0.717, 1.165) is 100 Å². The summed E-state index contributed by atoms with van der Waals surface area (Å²) >= 11 is 6.37. The van der Waals surface area contributed by atoms with Crippen LogP contribution in [0.4, 0.5) is 17.2 Å². The zero-order valence-electron chi connectivity index (χ0n) is 33.2. The van der Waals surface area contributed by atoms with Crippen molar-refractivity contribution in [3.63, 3.8) is 0 Å². The van der Waals surface area contributed by atoms with Gasteiger partial charge >= 0.3 is 0 Å². The molecule has 1 spiro atoms. The number of halogens is 1. The third kappa shape index (κ3) is 7.29. The Labute approximate surface area is 348 Å². The minimum absolute atomic E-state index is 0.0138. The number of piperidine rings is 3. The van der Waals surface area contributed by atoms with Crippen molar-refractivity contribution in [2.45, 2.75) is 70.0 Å². The number of pyridine rings is 1. The lowest BCUT2D eigenvalue weighted by molar-refractivity contribution is -0.136. The maximum atomic E-state index is 13.6. The second-order valence-electron chi connectivity index (χ2n) is 17.1. The third-order valence-electron chi connectivity index (χ3n) is 13.7. The van der Waals surface area contributed by atoms with Crippen molar-refractivity contribution in [1.82, 2.24) is 25.0 Å². The first-order chi connectivity index (χ1) is 28.5. The van der Waals surface area contributed by atoms with Crippen LogP contribution in [0.1, 0.15) is 88.5 Å². The molecule has 0 radical (unpaired) electrons. The van der Waals surface area contributed by atoms with Gasteiger partial charge in [0, 0.05) is 95.0 Å². The van der Waals surface area contributed by atoms with Crippen molar-refractivity contribution >= 4 is 58.3 Å². The summed E-state index contributed by atoms with van der Waals surface area (Å²) in [6.45, 7) is 9.57. The largest absolute Gasteiger partial charge is 0.371 e. The number of hydrogen-bond acceptors (Lipinski definition) is 11. The fraction of sp³-hybridized carbons (Fsp3) is 0.477. The number of piperazine rings is 1. The van der Waals surface area contributed by atoms with Crippen LogP contribution in [0, 0.1) is 16.7 Å². The highest BCUT2D eigenvalue weighted by molar-refractivity contribution is 6.32.